The van der Waals surface area contributed by atoms with Crippen LogP contribution in [0, 0.1) is 6.92 Å². The fourth-order valence-electron chi connectivity index (χ4n) is 2.07. The fourth-order valence-corrected chi connectivity index (χ4v) is 2.07. The van der Waals surface area contributed by atoms with Gasteiger partial charge in [-0.1, -0.05) is 0 Å². The molecule has 1 atom stereocenters. The molecular formula is C17H31N3O3. The molecule has 0 aliphatic heterocycles. The molecule has 1 N–H and O–H groups in total. The highest BCUT2D eigenvalue weighted by Gasteiger charge is 2.30. The van der Waals surface area contributed by atoms with E-state index in [0.29, 0.717) is 19.0 Å². The number of nitrogens with one attached hydrogen (secondary N) is 1. The standard InChI is InChI=1S/C17H31N3O3/c1-12-11-19-14(22-12)13(2)18-9-10-20(16(3,4)5)15(21)23-17(6,7)8/h11,13,18H,9-10H2,1-8H3. The first-order chi connectivity index (χ1) is 10.4. The van der Waals surface area contributed by atoms with Gasteiger partial charge in [0, 0.05) is 18.6 Å². The van der Waals surface area contributed by atoms with Gasteiger partial charge in [0.15, 0.2) is 0 Å². The molecule has 0 fully saturated rings. The molecule has 1 unspecified atom stereocenters. The highest BCUT2D eigenvalue weighted by molar-refractivity contribution is 5.69. The molecule has 1 aromatic heterocycles. The van der Waals surface area contributed by atoms with Crippen molar-refractivity contribution in [3.63, 3.8) is 0 Å². The summed E-state index contributed by atoms with van der Waals surface area (Å²) in [5, 5.41) is 3.33. The van der Waals surface area contributed by atoms with E-state index in [9.17, 15) is 4.79 Å². The summed E-state index contributed by atoms with van der Waals surface area (Å²) in [4.78, 5) is 18.3. The van der Waals surface area contributed by atoms with Crippen LogP contribution in [0.1, 0.15) is 66.2 Å². The van der Waals surface area contributed by atoms with Gasteiger partial charge in [0.25, 0.3) is 0 Å². The number of aromatic nitrogens is 1. The summed E-state index contributed by atoms with van der Waals surface area (Å²) in [6.45, 7) is 16.6. The highest BCUT2D eigenvalue weighted by atomic mass is 16.6. The van der Waals surface area contributed by atoms with Gasteiger partial charge in [-0.25, -0.2) is 9.78 Å². The summed E-state index contributed by atoms with van der Waals surface area (Å²) in [5.41, 5.74) is -0.816. The lowest BCUT2D eigenvalue weighted by Crippen LogP contribution is -2.50. The summed E-state index contributed by atoms with van der Waals surface area (Å²) in [6, 6.07) is -0.0100. The number of amides is 1. The Morgan fingerprint density at radius 2 is 1.96 bits per heavy atom. The zero-order valence-corrected chi connectivity index (χ0v) is 15.7. The third-order valence-corrected chi connectivity index (χ3v) is 3.22. The van der Waals surface area contributed by atoms with Crippen LogP contribution < -0.4 is 5.32 Å². The van der Waals surface area contributed by atoms with Gasteiger partial charge in [-0.3, -0.25) is 0 Å². The second-order valence-electron chi connectivity index (χ2n) is 7.79. The van der Waals surface area contributed by atoms with E-state index in [1.54, 1.807) is 11.1 Å². The molecule has 0 aliphatic rings. The number of hydrogen-bond acceptors (Lipinski definition) is 5. The molecule has 132 valence electrons. The van der Waals surface area contributed by atoms with Crippen LogP contribution >= 0.6 is 0 Å². The second-order valence-corrected chi connectivity index (χ2v) is 7.79. The maximum atomic E-state index is 12.4. The maximum Gasteiger partial charge on any atom is 0.410 e. The Morgan fingerprint density at radius 1 is 1.35 bits per heavy atom. The number of nitrogens with zero attached hydrogens (tertiary/aromatic N) is 2. The number of oxazole rings is 1. The van der Waals surface area contributed by atoms with Crippen LogP contribution in [0.25, 0.3) is 0 Å². The van der Waals surface area contributed by atoms with Crippen LogP contribution in [0.4, 0.5) is 4.79 Å². The Bertz CT molecular complexity index is 512. The van der Waals surface area contributed by atoms with Gasteiger partial charge in [0.05, 0.1) is 12.2 Å². The first-order valence-corrected chi connectivity index (χ1v) is 8.06. The minimum atomic E-state index is -0.503. The molecule has 1 heterocycles. The number of carbonyl (C=O) groups excluding carboxylic acids is 1. The topological polar surface area (TPSA) is 67.6 Å². The Kier molecular flexibility index (Phi) is 6.22. The molecule has 0 radical (unpaired) electrons. The Morgan fingerprint density at radius 3 is 2.39 bits per heavy atom. The van der Waals surface area contributed by atoms with Crippen LogP contribution in [0.2, 0.25) is 0 Å². The number of aryl methyl sites for hydroxylation is 1. The van der Waals surface area contributed by atoms with E-state index < -0.39 is 5.60 Å². The van der Waals surface area contributed by atoms with Crippen molar-refractivity contribution in [1.29, 1.82) is 0 Å². The lowest BCUT2D eigenvalue weighted by atomic mass is 10.1. The van der Waals surface area contributed by atoms with Crippen molar-refractivity contribution in [2.75, 3.05) is 13.1 Å². The zero-order chi connectivity index (χ0) is 17.8. The smallest absolute Gasteiger partial charge is 0.410 e. The quantitative estimate of drug-likeness (QED) is 0.894. The van der Waals surface area contributed by atoms with Gasteiger partial charge in [0.2, 0.25) is 5.89 Å². The van der Waals surface area contributed by atoms with Gasteiger partial charge >= 0.3 is 6.09 Å². The SMILES string of the molecule is Cc1cnc(C(C)NCCN(C(=O)OC(C)(C)C)C(C)(C)C)o1. The Balaban J connectivity index is 2.60. The largest absolute Gasteiger partial charge is 0.444 e. The van der Waals surface area contributed by atoms with Crippen LogP contribution in [0.5, 0.6) is 0 Å². The summed E-state index contributed by atoms with van der Waals surface area (Å²) in [5.74, 6) is 1.45. The van der Waals surface area contributed by atoms with E-state index in [1.165, 1.54) is 0 Å². The van der Waals surface area contributed by atoms with Crippen LogP contribution in [0.15, 0.2) is 10.6 Å². The monoisotopic (exact) mass is 325 g/mol. The van der Waals surface area contributed by atoms with Crippen molar-refractivity contribution in [2.45, 2.75) is 72.6 Å². The lowest BCUT2D eigenvalue weighted by molar-refractivity contribution is 0.00646. The normalized spacial score (nSPS) is 13.7. The summed E-state index contributed by atoms with van der Waals surface area (Å²) in [7, 11) is 0. The summed E-state index contributed by atoms with van der Waals surface area (Å²) >= 11 is 0. The zero-order valence-electron chi connectivity index (χ0n) is 15.7. The fraction of sp³-hybridized carbons (Fsp3) is 0.765. The van der Waals surface area contributed by atoms with E-state index in [2.05, 4.69) is 10.3 Å². The number of ether oxygens (including phenoxy) is 1. The minimum absolute atomic E-state index is 0.0100. The van der Waals surface area contributed by atoms with Crippen LogP contribution in [-0.4, -0.2) is 40.2 Å². The van der Waals surface area contributed by atoms with Crippen LogP contribution in [-0.2, 0) is 4.74 Å². The third-order valence-electron chi connectivity index (χ3n) is 3.22. The number of carbonyl (C=O) groups is 1. The van der Waals surface area contributed by atoms with Crippen molar-refractivity contribution in [3.8, 4) is 0 Å². The Hall–Kier alpha value is -1.56. The molecule has 23 heavy (non-hydrogen) atoms. The molecule has 0 saturated carbocycles. The average molecular weight is 325 g/mol. The molecule has 0 bridgehead atoms. The molecule has 0 spiro atoms. The van der Waals surface area contributed by atoms with Crippen molar-refractivity contribution in [1.82, 2.24) is 15.2 Å². The van der Waals surface area contributed by atoms with Gasteiger partial charge in [-0.05, 0) is 55.4 Å². The molecule has 6 heteroatoms. The predicted octanol–water partition coefficient (Wildman–Crippen LogP) is 3.67. The molecule has 6 nitrogen and oxygen atoms in total. The molecule has 0 aliphatic carbocycles. The van der Waals surface area contributed by atoms with E-state index in [4.69, 9.17) is 9.15 Å². The van der Waals surface area contributed by atoms with Gasteiger partial charge in [0.1, 0.15) is 11.4 Å². The van der Waals surface area contributed by atoms with Crippen molar-refractivity contribution in [3.05, 3.63) is 17.8 Å². The van der Waals surface area contributed by atoms with Crippen molar-refractivity contribution < 1.29 is 13.9 Å². The molecule has 0 saturated heterocycles. The second kappa shape index (κ2) is 7.34. The predicted molar refractivity (Wildman–Crippen MR) is 90.4 cm³/mol. The average Bonchev–Trinajstić information content (AvgIpc) is 2.77. The van der Waals surface area contributed by atoms with Crippen molar-refractivity contribution in [2.24, 2.45) is 0 Å². The van der Waals surface area contributed by atoms with E-state index >= 15 is 0 Å². The van der Waals surface area contributed by atoms with E-state index in [0.717, 1.165) is 5.76 Å². The molecule has 0 aromatic carbocycles. The highest BCUT2D eigenvalue weighted by Crippen LogP contribution is 2.18. The number of hydrogen-bond donors (Lipinski definition) is 1. The molecular weight excluding hydrogens is 294 g/mol. The van der Waals surface area contributed by atoms with E-state index in [-0.39, 0.29) is 17.7 Å². The summed E-state index contributed by atoms with van der Waals surface area (Å²) in [6.07, 6.45) is 1.40. The van der Waals surface area contributed by atoms with Crippen molar-refractivity contribution >= 4 is 6.09 Å². The lowest BCUT2D eigenvalue weighted by Gasteiger charge is -2.37. The molecule has 1 rings (SSSR count). The minimum Gasteiger partial charge on any atom is -0.444 e. The van der Waals surface area contributed by atoms with Gasteiger partial charge < -0.3 is 19.4 Å². The van der Waals surface area contributed by atoms with Gasteiger partial charge in [-0.15, -0.1) is 0 Å². The molecule has 1 amide bonds. The number of rotatable bonds is 5. The molecule has 1 aromatic rings. The maximum absolute atomic E-state index is 12.4. The van der Waals surface area contributed by atoms with Crippen LogP contribution in [0.3, 0.4) is 0 Å². The van der Waals surface area contributed by atoms with Gasteiger partial charge in [-0.2, -0.15) is 0 Å². The summed E-state index contributed by atoms with van der Waals surface area (Å²) < 4.78 is 11.0. The Labute approximate surface area is 139 Å². The van der Waals surface area contributed by atoms with E-state index in [1.807, 2.05) is 55.4 Å². The third kappa shape index (κ3) is 6.60. The first-order valence-electron chi connectivity index (χ1n) is 8.06. The first kappa shape index (κ1) is 19.5.